The second-order valence-corrected chi connectivity index (χ2v) is 4.86. The van der Waals surface area contributed by atoms with Gasteiger partial charge in [0, 0.05) is 18.3 Å². The van der Waals surface area contributed by atoms with Gasteiger partial charge in [0.05, 0.1) is 0 Å². The fraction of sp³-hybridized carbons (Fsp3) is 0.235. The van der Waals surface area contributed by atoms with Crippen LogP contribution in [-0.2, 0) is 6.42 Å². The third kappa shape index (κ3) is 3.98. The monoisotopic (exact) mass is 273 g/mol. The van der Waals surface area contributed by atoms with Gasteiger partial charge in [-0.25, -0.2) is 8.78 Å². The first kappa shape index (κ1) is 14.4. The highest BCUT2D eigenvalue weighted by molar-refractivity contribution is 5.98. The summed E-state index contributed by atoms with van der Waals surface area (Å²) in [6.45, 7) is 4.49. The Morgan fingerprint density at radius 2 is 1.60 bits per heavy atom. The van der Waals surface area contributed by atoms with Crippen molar-refractivity contribution in [1.82, 2.24) is 0 Å². The number of halogens is 2. The van der Waals surface area contributed by atoms with Crippen molar-refractivity contribution in [2.45, 2.75) is 20.3 Å². The molecule has 0 radical (unpaired) electrons. The van der Waals surface area contributed by atoms with Gasteiger partial charge in [0.15, 0.2) is 0 Å². The van der Waals surface area contributed by atoms with Crippen LogP contribution in [0.2, 0.25) is 0 Å². The molecule has 0 aromatic heterocycles. The van der Waals surface area contributed by atoms with Gasteiger partial charge < -0.3 is 0 Å². The number of aryl methyl sites for hydroxylation is 1. The molecule has 0 N–H and O–H groups in total. The Hall–Kier alpha value is -2.03. The summed E-state index contributed by atoms with van der Waals surface area (Å²) in [5, 5.41) is 0. The van der Waals surface area contributed by atoms with Crippen LogP contribution in [0.4, 0.5) is 8.78 Å². The van der Waals surface area contributed by atoms with Crippen LogP contribution < -0.4 is 0 Å². The van der Waals surface area contributed by atoms with Crippen molar-refractivity contribution in [2.75, 3.05) is 6.54 Å². The minimum absolute atomic E-state index is 0.516. The molecule has 0 aliphatic carbocycles. The zero-order chi connectivity index (χ0) is 14.5. The molecule has 0 unspecified atom stereocenters. The summed E-state index contributed by atoms with van der Waals surface area (Å²) in [5.41, 5.74) is 3.84. The Bertz CT molecular complexity index is 595. The molecule has 0 aliphatic heterocycles. The Morgan fingerprint density at radius 3 is 2.20 bits per heavy atom. The Labute approximate surface area is 118 Å². The summed E-state index contributed by atoms with van der Waals surface area (Å²) in [6.07, 6.45) is 0.526. The molecular formula is C17H17F2N. The summed E-state index contributed by atoms with van der Waals surface area (Å²) < 4.78 is 26.1. The van der Waals surface area contributed by atoms with Crippen molar-refractivity contribution in [1.29, 1.82) is 0 Å². The lowest BCUT2D eigenvalue weighted by molar-refractivity contribution is 0.579. The molecule has 0 bridgehead atoms. The zero-order valence-electron chi connectivity index (χ0n) is 11.7. The first-order valence-corrected chi connectivity index (χ1v) is 6.57. The molecule has 0 fully saturated rings. The van der Waals surface area contributed by atoms with E-state index >= 15 is 0 Å². The Morgan fingerprint density at radius 1 is 1.00 bits per heavy atom. The van der Waals surface area contributed by atoms with Crippen molar-refractivity contribution >= 4 is 5.71 Å². The van der Waals surface area contributed by atoms with Crippen LogP contribution in [0.15, 0.2) is 47.5 Å². The highest BCUT2D eigenvalue weighted by Gasteiger charge is 2.01. The predicted octanol–water partition coefficient (Wildman–Crippen LogP) is 4.32. The van der Waals surface area contributed by atoms with Gasteiger partial charge in [0.1, 0.15) is 11.6 Å². The molecule has 0 spiro atoms. The standard InChI is InChI=1S/C17H17F2N/c1-12-3-5-15(6-4-12)13(2)20-8-7-14-9-16(18)11-17(19)10-14/h3-6,9-11H,7-8H2,1-2H3. The van der Waals surface area contributed by atoms with Crippen LogP contribution in [0.5, 0.6) is 0 Å². The van der Waals surface area contributed by atoms with Gasteiger partial charge in [-0.15, -0.1) is 0 Å². The van der Waals surface area contributed by atoms with E-state index in [0.29, 0.717) is 18.5 Å². The van der Waals surface area contributed by atoms with Crippen molar-refractivity contribution in [3.05, 3.63) is 70.8 Å². The molecule has 0 heterocycles. The largest absolute Gasteiger partial charge is 0.289 e. The van der Waals surface area contributed by atoms with Crippen LogP contribution in [0.3, 0.4) is 0 Å². The minimum atomic E-state index is -0.542. The minimum Gasteiger partial charge on any atom is -0.289 e. The van der Waals surface area contributed by atoms with E-state index in [-0.39, 0.29) is 0 Å². The number of rotatable bonds is 4. The van der Waals surface area contributed by atoms with Gasteiger partial charge in [-0.05, 0) is 43.5 Å². The quantitative estimate of drug-likeness (QED) is 0.735. The van der Waals surface area contributed by atoms with Gasteiger partial charge in [-0.2, -0.15) is 0 Å². The average molecular weight is 273 g/mol. The lowest BCUT2D eigenvalue weighted by atomic mass is 10.1. The Balaban J connectivity index is 2.00. The number of nitrogens with zero attached hydrogens (tertiary/aromatic N) is 1. The van der Waals surface area contributed by atoms with Crippen molar-refractivity contribution < 1.29 is 8.78 Å². The lowest BCUT2D eigenvalue weighted by Gasteiger charge is -2.03. The van der Waals surface area contributed by atoms with E-state index in [4.69, 9.17) is 0 Å². The number of hydrogen-bond donors (Lipinski definition) is 0. The molecule has 1 nitrogen and oxygen atoms in total. The molecule has 2 rings (SSSR count). The second-order valence-electron chi connectivity index (χ2n) is 4.86. The SMILES string of the molecule is CC(=NCCc1cc(F)cc(F)c1)c1ccc(C)cc1. The maximum absolute atomic E-state index is 13.0. The molecule has 104 valence electrons. The second kappa shape index (κ2) is 6.42. The van der Waals surface area contributed by atoms with Gasteiger partial charge in [0.25, 0.3) is 0 Å². The molecule has 3 heteroatoms. The fourth-order valence-electron chi connectivity index (χ4n) is 1.99. The Kier molecular flexibility index (Phi) is 4.61. The van der Waals surface area contributed by atoms with Crippen molar-refractivity contribution in [3.8, 4) is 0 Å². The zero-order valence-corrected chi connectivity index (χ0v) is 11.7. The van der Waals surface area contributed by atoms with Gasteiger partial charge in [0.2, 0.25) is 0 Å². The van der Waals surface area contributed by atoms with Gasteiger partial charge in [-0.3, -0.25) is 4.99 Å². The fourth-order valence-corrected chi connectivity index (χ4v) is 1.99. The molecule has 2 aromatic carbocycles. The van der Waals surface area contributed by atoms with Crippen LogP contribution in [0, 0.1) is 18.6 Å². The molecule has 20 heavy (non-hydrogen) atoms. The summed E-state index contributed by atoms with van der Waals surface area (Å²) in [6, 6.07) is 11.7. The molecule has 0 saturated heterocycles. The topological polar surface area (TPSA) is 12.4 Å². The molecule has 0 aliphatic rings. The normalized spacial score (nSPS) is 11.7. The van der Waals surface area contributed by atoms with E-state index in [0.717, 1.165) is 17.3 Å². The van der Waals surface area contributed by atoms with Crippen LogP contribution >= 0.6 is 0 Å². The van der Waals surface area contributed by atoms with Crippen LogP contribution in [0.25, 0.3) is 0 Å². The summed E-state index contributed by atoms with van der Waals surface area (Å²) >= 11 is 0. The summed E-state index contributed by atoms with van der Waals surface area (Å²) in [7, 11) is 0. The molecular weight excluding hydrogens is 256 g/mol. The maximum atomic E-state index is 13.0. The summed E-state index contributed by atoms with van der Waals surface area (Å²) in [4.78, 5) is 4.45. The van der Waals surface area contributed by atoms with Gasteiger partial charge in [-0.1, -0.05) is 29.8 Å². The van der Waals surface area contributed by atoms with Crippen LogP contribution in [-0.4, -0.2) is 12.3 Å². The van der Waals surface area contributed by atoms with Crippen molar-refractivity contribution in [3.63, 3.8) is 0 Å². The van der Waals surface area contributed by atoms with E-state index in [9.17, 15) is 8.78 Å². The maximum Gasteiger partial charge on any atom is 0.126 e. The van der Waals surface area contributed by atoms with Crippen molar-refractivity contribution in [2.24, 2.45) is 4.99 Å². The van der Waals surface area contributed by atoms with E-state index in [1.54, 1.807) is 0 Å². The van der Waals surface area contributed by atoms with E-state index in [2.05, 4.69) is 4.99 Å². The third-order valence-corrected chi connectivity index (χ3v) is 3.14. The first-order valence-electron chi connectivity index (χ1n) is 6.57. The summed E-state index contributed by atoms with van der Waals surface area (Å²) in [5.74, 6) is -1.08. The number of hydrogen-bond acceptors (Lipinski definition) is 1. The van der Waals surface area contributed by atoms with E-state index < -0.39 is 11.6 Å². The van der Waals surface area contributed by atoms with Crippen LogP contribution in [0.1, 0.15) is 23.6 Å². The molecule has 0 saturated carbocycles. The highest BCUT2D eigenvalue weighted by atomic mass is 19.1. The predicted molar refractivity (Wildman–Crippen MR) is 78.3 cm³/mol. The number of benzene rings is 2. The van der Waals surface area contributed by atoms with E-state index in [1.165, 1.54) is 17.7 Å². The third-order valence-electron chi connectivity index (χ3n) is 3.14. The first-order chi connectivity index (χ1) is 9.54. The molecule has 0 amide bonds. The lowest BCUT2D eigenvalue weighted by Crippen LogP contribution is -1.99. The molecule has 0 atom stereocenters. The molecule has 2 aromatic rings. The smallest absolute Gasteiger partial charge is 0.126 e. The van der Waals surface area contributed by atoms with E-state index in [1.807, 2.05) is 38.1 Å². The average Bonchev–Trinajstić information content (AvgIpc) is 2.38. The number of aliphatic imine (C=N–C) groups is 1. The highest BCUT2D eigenvalue weighted by Crippen LogP contribution is 2.09. The van der Waals surface area contributed by atoms with Gasteiger partial charge >= 0.3 is 0 Å².